The van der Waals surface area contributed by atoms with Gasteiger partial charge in [-0.05, 0) is 25.0 Å². The Morgan fingerprint density at radius 1 is 1.10 bits per heavy atom. The molecule has 0 atom stereocenters. The quantitative estimate of drug-likeness (QED) is 0.777. The molecule has 21 heavy (non-hydrogen) atoms. The van der Waals surface area contributed by atoms with E-state index in [2.05, 4.69) is 15.9 Å². The van der Waals surface area contributed by atoms with Crippen LogP contribution in [-0.4, -0.2) is 50.1 Å². The number of ether oxygens (including phenoxy) is 3. The highest BCUT2D eigenvalue weighted by Gasteiger charge is 2.27. The van der Waals surface area contributed by atoms with Crippen molar-refractivity contribution in [1.29, 1.82) is 0 Å². The molecule has 0 radical (unpaired) electrons. The first-order valence-corrected chi connectivity index (χ1v) is 7.76. The van der Waals surface area contributed by atoms with Crippen molar-refractivity contribution in [3.8, 4) is 17.2 Å². The summed E-state index contributed by atoms with van der Waals surface area (Å²) in [5.74, 6) is 1.38. The lowest BCUT2D eigenvalue weighted by Gasteiger charge is -2.30. The van der Waals surface area contributed by atoms with Crippen molar-refractivity contribution in [1.82, 2.24) is 4.90 Å². The third-order valence-corrected chi connectivity index (χ3v) is 4.56. The minimum absolute atomic E-state index is 0.0350. The maximum absolute atomic E-state index is 12.7. The van der Waals surface area contributed by atoms with Gasteiger partial charge in [0.05, 0.1) is 26.9 Å². The Morgan fingerprint density at radius 3 is 2.24 bits per heavy atom. The molecule has 1 fully saturated rings. The normalized spacial score (nSPS) is 15.7. The minimum Gasteiger partial charge on any atom is -0.493 e. The summed E-state index contributed by atoms with van der Waals surface area (Å²) in [6, 6.07) is 3.45. The molecule has 1 aliphatic rings. The van der Waals surface area contributed by atoms with Crippen molar-refractivity contribution in [3.05, 3.63) is 17.7 Å². The lowest BCUT2D eigenvalue weighted by atomic mass is 10.1. The third kappa shape index (κ3) is 3.26. The Bertz CT molecular complexity index is 513. The molecule has 0 unspecified atom stereocenters. The third-order valence-electron chi connectivity index (χ3n) is 3.65. The Balaban J connectivity index is 2.32. The summed E-state index contributed by atoms with van der Waals surface area (Å²) < 4.78 is 15.9. The lowest BCUT2D eigenvalue weighted by molar-refractivity contribution is 0.0724. The minimum atomic E-state index is -0.0350. The second kappa shape index (κ2) is 7.02. The number of rotatable bonds is 4. The number of halogens is 1. The first-order chi connectivity index (χ1) is 10.1. The SMILES string of the molecule is COc1ccc(C(=O)N2CCC(Br)CC2)c(OC)c1OC. The molecular weight excluding hydrogens is 338 g/mol. The highest BCUT2D eigenvalue weighted by Crippen LogP contribution is 2.40. The van der Waals surface area contributed by atoms with E-state index >= 15 is 0 Å². The average molecular weight is 358 g/mol. The van der Waals surface area contributed by atoms with E-state index in [0.717, 1.165) is 25.9 Å². The van der Waals surface area contributed by atoms with Gasteiger partial charge in [-0.25, -0.2) is 0 Å². The van der Waals surface area contributed by atoms with Crippen molar-refractivity contribution < 1.29 is 19.0 Å². The maximum atomic E-state index is 12.7. The number of likely N-dealkylation sites (tertiary alicyclic amines) is 1. The Morgan fingerprint density at radius 2 is 1.71 bits per heavy atom. The highest BCUT2D eigenvalue weighted by atomic mass is 79.9. The molecular formula is C15H20BrNO4. The fraction of sp³-hybridized carbons (Fsp3) is 0.533. The predicted octanol–water partition coefficient (Wildman–Crippen LogP) is 2.71. The first kappa shape index (κ1) is 15.9. The smallest absolute Gasteiger partial charge is 0.257 e. The fourth-order valence-corrected chi connectivity index (χ4v) is 2.90. The molecule has 1 aliphatic heterocycles. The van der Waals surface area contributed by atoms with E-state index in [9.17, 15) is 4.79 Å². The van der Waals surface area contributed by atoms with Crippen molar-refractivity contribution >= 4 is 21.8 Å². The topological polar surface area (TPSA) is 48.0 Å². The van der Waals surface area contributed by atoms with Gasteiger partial charge in [0.25, 0.3) is 5.91 Å². The van der Waals surface area contributed by atoms with E-state index in [1.807, 2.05) is 4.90 Å². The monoisotopic (exact) mass is 357 g/mol. The number of nitrogens with zero attached hydrogens (tertiary/aromatic N) is 1. The van der Waals surface area contributed by atoms with Gasteiger partial charge in [0.15, 0.2) is 11.5 Å². The number of carbonyl (C=O) groups is 1. The number of hydrogen-bond acceptors (Lipinski definition) is 4. The molecule has 6 heteroatoms. The average Bonchev–Trinajstić information content (AvgIpc) is 2.53. The first-order valence-electron chi connectivity index (χ1n) is 6.84. The molecule has 2 rings (SSSR count). The Labute approximate surface area is 133 Å². The van der Waals surface area contributed by atoms with Crippen molar-refractivity contribution in [2.24, 2.45) is 0 Å². The molecule has 0 N–H and O–H groups in total. The zero-order valence-electron chi connectivity index (χ0n) is 12.5. The van der Waals surface area contributed by atoms with Crippen molar-refractivity contribution in [2.75, 3.05) is 34.4 Å². The largest absolute Gasteiger partial charge is 0.493 e. The van der Waals surface area contributed by atoms with Gasteiger partial charge in [-0.3, -0.25) is 4.79 Å². The Hall–Kier alpha value is -1.43. The molecule has 1 saturated heterocycles. The summed E-state index contributed by atoms with van der Waals surface area (Å²) >= 11 is 3.59. The summed E-state index contributed by atoms with van der Waals surface area (Å²) in [5, 5.41) is 0. The number of hydrogen-bond donors (Lipinski definition) is 0. The molecule has 5 nitrogen and oxygen atoms in total. The summed E-state index contributed by atoms with van der Waals surface area (Å²) in [4.78, 5) is 15.0. The zero-order chi connectivity index (χ0) is 15.4. The number of benzene rings is 1. The van der Waals surface area contributed by atoms with Crippen LogP contribution < -0.4 is 14.2 Å². The van der Waals surface area contributed by atoms with Crippen LogP contribution in [-0.2, 0) is 0 Å². The predicted molar refractivity (Wildman–Crippen MR) is 84.0 cm³/mol. The molecule has 1 amide bonds. The van der Waals surface area contributed by atoms with Crippen LogP contribution in [0, 0.1) is 0 Å². The van der Waals surface area contributed by atoms with Gasteiger partial charge in [-0.15, -0.1) is 0 Å². The standard InChI is InChI=1S/C15H20BrNO4/c1-19-12-5-4-11(13(20-2)14(12)21-3)15(18)17-8-6-10(16)7-9-17/h4-5,10H,6-9H2,1-3H3. The number of alkyl halides is 1. The molecule has 0 bridgehead atoms. The van der Waals surface area contributed by atoms with E-state index in [4.69, 9.17) is 14.2 Å². The van der Waals surface area contributed by atoms with Crippen molar-refractivity contribution in [2.45, 2.75) is 17.7 Å². The van der Waals surface area contributed by atoms with E-state index in [0.29, 0.717) is 27.6 Å². The molecule has 1 aromatic rings. The van der Waals surface area contributed by atoms with Crippen LogP contribution in [0.1, 0.15) is 23.2 Å². The maximum Gasteiger partial charge on any atom is 0.257 e. The summed E-state index contributed by atoms with van der Waals surface area (Å²) in [7, 11) is 4.61. The number of carbonyl (C=O) groups excluding carboxylic acids is 1. The summed E-state index contributed by atoms with van der Waals surface area (Å²) in [5.41, 5.74) is 0.503. The van der Waals surface area contributed by atoms with E-state index in [1.165, 1.54) is 14.2 Å². The van der Waals surface area contributed by atoms with E-state index in [1.54, 1.807) is 19.2 Å². The van der Waals surface area contributed by atoms with E-state index < -0.39 is 0 Å². The van der Waals surface area contributed by atoms with Crippen LogP contribution in [0.3, 0.4) is 0 Å². The van der Waals surface area contributed by atoms with Gasteiger partial charge in [-0.2, -0.15) is 0 Å². The van der Waals surface area contributed by atoms with Crippen LogP contribution >= 0.6 is 15.9 Å². The van der Waals surface area contributed by atoms with Crippen LogP contribution in [0.2, 0.25) is 0 Å². The molecule has 0 saturated carbocycles. The molecule has 1 heterocycles. The van der Waals surface area contributed by atoms with Gasteiger partial charge >= 0.3 is 0 Å². The Kier molecular flexibility index (Phi) is 5.33. The van der Waals surface area contributed by atoms with Gasteiger partial charge in [0.1, 0.15) is 0 Å². The van der Waals surface area contributed by atoms with E-state index in [-0.39, 0.29) is 5.91 Å². The summed E-state index contributed by atoms with van der Waals surface area (Å²) in [6.45, 7) is 1.48. The molecule has 1 aromatic carbocycles. The summed E-state index contributed by atoms with van der Waals surface area (Å²) in [6.07, 6.45) is 1.92. The van der Waals surface area contributed by atoms with Crippen LogP contribution in [0.25, 0.3) is 0 Å². The van der Waals surface area contributed by atoms with Crippen molar-refractivity contribution in [3.63, 3.8) is 0 Å². The van der Waals surface area contributed by atoms with Gasteiger partial charge in [0, 0.05) is 17.9 Å². The van der Waals surface area contributed by atoms with Crippen LogP contribution in [0.5, 0.6) is 17.2 Å². The van der Waals surface area contributed by atoms with Gasteiger partial charge < -0.3 is 19.1 Å². The second-order valence-electron chi connectivity index (χ2n) is 4.85. The lowest BCUT2D eigenvalue weighted by Crippen LogP contribution is -2.38. The van der Waals surface area contributed by atoms with Crippen LogP contribution in [0.15, 0.2) is 12.1 Å². The number of piperidine rings is 1. The number of amides is 1. The fourth-order valence-electron chi connectivity index (χ4n) is 2.49. The van der Waals surface area contributed by atoms with Gasteiger partial charge in [-0.1, -0.05) is 15.9 Å². The number of methoxy groups -OCH3 is 3. The second-order valence-corrected chi connectivity index (χ2v) is 6.14. The molecule has 0 aromatic heterocycles. The molecule has 0 aliphatic carbocycles. The van der Waals surface area contributed by atoms with Crippen LogP contribution in [0.4, 0.5) is 0 Å². The molecule has 116 valence electrons. The zero-order valence-corrected chi connectivity index (χ0v) is 14.1. The molecule has 0 spiro atoms. The van der Waals surface area contributed by atoms with Gasteiger partial charge in [0.2, 0.25) is 5.75 Å². The highest BCUT2D eigenvalue weighted by molar-refractivity contribution is 9.09.